The topological polar surface area (TPSA) is 45.1 Å². The number of carbonyl (C=O) groups excluding carboxylic acids is 1. The molecule has 0 atom stereocenters. The number of hydrogen-bond acceptors (Lipinski definition) is 4. The Morgan fingerprint density at radius 2 is 1.84 bits per heavy atom. The standard InChI is InChI=1S/C24H23Cl2N3O2/c25-17-7-8-22-19(13-17)23(18-3-1-2-4-20(18)26)27-21(15-28-9-11-31-12-10-28)24(30)29(22)14-16-5-6-16/h1-4,7-8,13,15-16H,5-6,9-12,14H2. The van der Waals surface area contributed by atoms with Crippen LogP contribution in [0.25, 0.3) is 0 Å². The van der Waals surface area contributed by atoms with E-state index in [0.717, 1.165) is 42.7 Å². The Labute approximate surface area is 191 Å². The summed E-state index contributed by atoms with van der Waals surface area (Å²) in [5, 5.41) is 1.18. The minimum Gasteiger partial charge on any atom is -0.378 e. The average molecular weight is 456 g/mol. The quantitative estimate of drug-likeness (QED) is 0.624. The van der Waals surface area contributed by atoms with Crippen molar-refractivity contribution in [3.05, 3.63) is 75.5 Å². The molecule has 31 heavy (non-hydrogen) atoms. The van der Waals surface area contributed by atoms with Crippen LogP contribution in [0.3, 0.4) is 0 Å². The Balaban J connectivity index is 1.69. The Kier molecular flexibility index (Phi) is 5.74. The maximum atomic E-state index is 13.7. The number of aliphatic imine (C=N–C) groups is 1. The molecule has 5 rings (SSSR count). The minimum absolute atomic E-state index is 0.0935. The van der Waals surface area contributed by atoms with Crippen molar-refractivity contribution in [2.24, 2.45) is 10.9 Å². The number of amides is 1. The fraction of sp³-hybridized carbons (Fsp3) is 0.333. The molecule has 7 heteroatoms. The van der Waals surface area contributed by atoms with Gasteiger partial charge in [-0.1, -0.05) is 41.4 Å². The third-order valence-electron chi connectivity index (χ3n) is 5.82. The highest BCUT2D eigenvalue weighted by atomic mass is 35.5. The van der Waals surface area contributed by atoms with E-state index in [1.54, 1.807) is 0 Å². The molecule has 3 aliphatic rings. The first-order chi connectivity index (χ1) is 15.1. The van der Waals surface area contributed by atoms with Crippen LogP contribution in [-0.2, 0) is 9.53 Å². The predicted molar refractivity (Wildman–Crippen MR) is 124 cm³/mol. The number of hydrogen-bond donors (Lipinski definition) is 0. The maximum Gasteiger partial charge on any atom is 0.278 e. The minimum atomic E-state index is -0.0935. The van der Waals surface area contributed by atoms with Gasteiger partial charge in [-0.25, -0.2) is 4.99 Å². The van der Waals surface area contributed by atoms with Gasteiger partial charge in [-0.2, -0.15) is 0 Å². The molecule has 1 saturated carbocycles. The molecule has 0 unspecified atom stereocenters. The van der Waals surface area contributed by atoms with Gasteiger partial charge < -0.3 is 14.5 Å². The predicted octanol–water partition coefficient (Wildman–Crippen LogP) is 4.76. The van der Waals surface area contributed by atoms with Crippen LogP contribution in [0.4, 0.5) is 5.69 Å². The van der Waals surface area contributed by atoms with Crippen LogP contribution in [-0.4, -0.2) is 49.4 Å². The van der Waals surface area contributed by atoms with Crippen molar-refractivity contribution in [1.82, 2.24) is 4.90 Å². The van der Waals surface area contributed by atoms with Gasteiger partial charge in [-0.3, -0.25) is 4.79 Å². The normalized spacial score (nSPS) is 20.5. The molecule has 1 amide bonds. The molecule has 5 nitrogen and oxygen atoms in total. The van der Waals surface area contributed by atoms with E-state index >= 15 is 0 Å². The molecule has 2 aromatic carbocycles. The van der Waals surface area contributed by atoms with Crippen LogP contribution in [0.5, 0.6) is 0 Å². The summed E-state index contributed by atoms with van der Waals surface area (Å²) in [4.78, 5) is 22.6. The molecule has 0 spiro atoms. The lowest BCUT2D eigenvalue weighted by Crippen LogP contribution is -2.36. The zero-order valence-corrected chi connectivity index (χ0v) is 18.6. The second-order valence-corrected chi connectivity index (χ2v) is 8.97. The monoisotopic (exact) mass is 455 g/mol. The van der Waals surface area contributed by atoms with E-state index in [1.165, 1.54) is 0 Å². The number of morpholine rings is 1. The molecule has 0 radical (unpaired) electrons. The van der Waals surface area contributed by atoms with Gasteiger partial charge in [0.1, 0.15) is 5.70 Å². The molecule has 0 N–H and O–H groups in total. The summed E-state index contributed by atoms with van der Waals surface area (Å²) in [5.74, 6) is 0.433. The summed E-state index contributed by atoms with van der Waals surface area (Å²) in [6.45, 7) is 3.42. The first kappa shape index (κ1) is 20.6. The van der Waals surface area contributed by atoms with Gasteiger partial charge in [0.15, 0.2) is 0 Å². The van der Waals surface area contributed by atoms with Gasteiger partial charge in [-0.05, 0) is 43.0 Å². The number of halogens is 2. The Morgan fingerprint density at radius 3 is 2.58 bits per heavy atom. The van der Waals surface area contributed by atoms with Gasteiger partial charge in [0.05, 0.1) is 24.6 Å². The zero-order valence-electron chi connectivity index (χ0n) is 17.1. The SMILES string of the molecule is O=C1C(=CN2CCOCC2)N=C(c2ccccc2Cl)c2cc(Cl)ccc2N1CC1CC1. The third-order valence-corrected chi connectivity index (χ3v) is 6.38. The number of rotatable bonds is 4. The highest BCUT2D eigenvalue weighted by Gasteiger charge is 2.34. The van der Waals surface area contributed by atoms with Crippen LogP contribution < -0.4 is 4.90 Å². The number of benzodiazepines with no additional fused rings is 1. The lowest BCUT2D eigenvalue weighted by atomic mass is 10.00. The zero-order chi connectivity index (χ0) is 21.4. The lowest BCUT2D eigenvalue weighted by Gasteiger charge is -2.27. The number of anilines is 1. The Morgan fingerprint density at radius 1 is 1.06 bits per heavy atom. The van der Waals surface area contributed by atoms with E-state index in [0.29, 0.717) is 47.1 Å². The van der Waals surface area contributed by atoms with Gasteiger partial charge >= 0.3 is 0 Å². The van der Waals surface area contributed by atoms with Gasteiger partial charge in [0, 0.05) is 47.0 Å². The summed E-state index contributed by atoms with van der Waals surface area (Å²) < 4.78 is 5.46. The van der Waals surface area contributed by atoms with Crippen LogP contribution in [0.1, 0.15) is 24.0 Å². The number of fused-ring (bicyclic) bond motifs is 1. The van der Waals surface area contributed by atoms with E-state index in [4.69, 9.17) is 32.9 Å². The highest BCUT2D eigenvalue weighted by molar-refractivity contribution is 6.37. The highest BCUT2D eigenvalue weighted by Crippen LogP contribution is 2.37. The number of ether oxygens (including phenoxy) is 1. The summed E-state index contributed by atoms with van der Waals surface area (Å²) in [6, 6.07) is 13.2. The van der Waals surface area contributed by atoms with Crippen molar-refractivity contribution >= 4 is 40.5 Å². The Hall–Kier alpha value is -2.34. The summed E-state index contributed by atoms with van der Waals surface area (Å²) in [5.41, 5.74) is 3.49. The number of nitrogens with zero attached hydrogens (tertiary/aromatic N) is 3. The van der Waals surface area contributed by atoms with Gasteiger partial charge in [0.2, 0.25) is 0 Å². The van der Waals surface area contributed by atoms with E-state index in [1.807, 2.05) is 53.6 Å². The van der Waals surface area contributed by atoms with Crippen LogP contribution in [0.2, 0.25) is 10.0 Å². The van der Waals surface area contributed by atoms with Crippen molar-refractivity contribution in [2.45, 2.75) is 12.8 Å². The van der Waals surface area contributed by atoms with Crippen LogP contribution >= 0.6 is 23.2 Å². The van der Waals surface area contributed by atoms with Crippen LogP contribution in [0, 0.1) is 5.92 Å². The first-order valence-electron chi connectivity index (χ1n) is 10.6. The summed E-state index contributed by atoms with van der Waals surface area (Å²) >= 11 is 13.0. The molecule has 0 bridgehead atoms. The van der Waals surface area contributed by atoms with Gasteiger partial charge in [0.25, 0.3) is 5.91 Å². The molecule has 2 aromatic rings. The summed E-state index contributed by atoms with van der Waals surface area (Å²) in [7, 11) is 0. The maximum absolute atomic E-state index is 13.7. The van der Waals surface area contributed by atoms with Crippen molar-refractivity contribution in [3.8, 4) is 0 Å². The largest absolute Gasteiger partial charge is 0.378 e. The van der Waals surface area contributed by atoms with E-state index < -0.39 is 0 Å². The van der Waals surface area contributed by atoms with E-state index in [2.05, 4.69) is 4.90 Å². The molecule has 2 fully saturated rings. The van der Waals surface area contributed by atoms with E-state index in [9.17, 15) is 4.79 Å². The second-order valence-electron chi connectivity index (χ2n) is 8.12. The second kappa shape index (κ2) is 8.65. The number of benzene rings is 2. The van der Waals surface area contributed by atoms with E-state index in [-0.39, 0.29) is 5.91 Å². The molecule has 0 aromatic heterocycles. The summed E-state index contributed by atoms with van der Waals surface area (Å²) in [6.07, 6.45) is 4.16. The fourth-order valence-electron chi connectivity index (χ4n) is 3.97. The average Bonchev–Trinajstić information content (AvgIpc) is 3.61. The molecule has 2 heterocycles. The van der Waals surface area contributed by atoms with Gasteiger partial charge in [-0.15, -0.1) is 0 Å². The molecule has 1 aliphatic carbocycles. The number of carbonyl (C=O) groups is 1. The lowest BCUT2D eigenvalue weighted by molar-refractivity contribution is -0.115. The molecular formula is C24H23Cl2N3O2. The smallest absolute Gasteiger partial charge is 0.278 e. The molecular weight excluding hydrogens is 433 g/mol. The Bertz CT molecular complexity index is 1070. The van der Waals surface area contributed by atoms with Crippen molar-refractivity contribution in [3.63, 3.8) is 0 Å². The molecule has 2 aliphatic heterocycles. The van der Waals surface area contributed by atoms with Crippen LogP contribution in [0.15, 0.2) is 59.4 Å². The van der Waals surface area contributed by atoms with Crippen molar-refractivity contribution < 1.29 is 9.53 Å². The fourth-order valence-corrected chi connectivity index (χ4v) is 4.37. The first-order valence-corrected chi connectivity index (χ1v) is 11.3. The van der Waals surface area contributed by atoms with Crippen molar-refractivity contribution in [2.75, 3.05) is 37.7 Å². The molecule has 160 valence electrons. The van der Waals surface area contributed by atoms with Crippen molar-refractivity contribution in [1.29, 1.82) is 0 Å². The third kappa shape index (κ3) is 4.36. The molecule has 1 saturated heterocycles.